The largest absolute Gasteiger partial charge is 0.382 e. The highest BCUT2D eigenvalue weighted by Crippen LogP contribution is 2.10. The minimum atomic E-state index is -0.113. The fourth-order valence-corrected chi connectivity index (χ4v) is 3.24. The molecule has 0 saturated carbocycles. The molecule has 0 atom stereocenters. The number of allylic oxidation sites excluding steroid dienone is 5. The molecular weight excluding hydrogens is 334 g/mol. The molecule has 0 radical (unpaired) electrons. The summed E-state index contributed by atoms with van der Waals surface area (Å²) in [5.41, 5.74) is 0.440. The highest BCUT2D eigenvalue weighted by molar-refractivity contribution is 6.16. The lowest BCUT2D eigenvalue weighted by Crippen LogP contribution is -2.23. The number of unbranched alkanes of at least 4 members (excludes halogenated alkanes) is 12. The molecule has 0 heterocycles. The molecule has 152 valence electrons. The lowest BCUT2D eigenvalue weighted by Gasteiger charge is -2.09. The van der Waals surface area contributed by atoms with E-state index in [9.17, 15) is 9.59 Å². The van der Waals surface area contributed by atoms with Crippen LogP contribution in [-0.2, 0) is 9.59 Å². The molecular formula is C24H39NO2. The summed E-state index contributed by atoms with van der Waals surface area (Å²) in [6, 6.07) is 0. The summed E-state index contributed by atoms with van der Waals surface area (Å²) in [5.74, 6) is -0.211. The van der Waals surface area contributed by atoms with Gasteiger partial charge >= 0.3 is 0 Å². The van der Waals surface area contributed by atoms with E-state index in [1.54, 1.807) is 0 Å². The lowest BCUT2D eigenvalue weighted by molar-refractivity contribution is -0.114. The van der Waals surface area contributed by atoms with Gasteiger partial charge in [-0.1, -0.05) is 76.9 Å². The van der Waals surface area contributed by atoms with Gasteiger partial charge in [0.25, 0.3) is 0 Å². The monoisotopic (exact) mass is 373 g/mol. The molecule has 1 aliphatic rings. The van der Waals surface area contributed by atoms with Crippen LogP contribution in [0.4, 0.5) is 0 Å². The molecule has 0 saturated heterocycles. The van der Waals surface area contributed by atoms with Crippen LogP contribution in [0.3, 0.4) is 0 Å². The Balaban J connectivity index is 1.82. The number of carbonyl (C=O) groups excluding carboxylic acids is 2. The second-order valence-electron chi connectivity index (χ2n) is 7.52. The van der Waals surface area contributed by atoms with E-state index in [4.69, 9.17) is 0 Å². The van der Waals surface area contributed by atoms with E-state index in [0.29, 0.717) is 5.70 Å². The topological polar surface area (TPSA) is 46.2 Å². The molecule has 0 amide bonds. The highest BCUT2D eigenvalue weighted by atomic mass is 16.1. The first-order valence-corrected chi connectivity index (χ1v) is 11.1. The zero-order valence-corrected chi connectivity index (χ0v) is 17.3. The first-order valence-electron chi connectivity index (χ1n) is 11.1. The van der Waals surface area contributed by atoms with Gasteiger partial charge in [0.15, 0.2) is 5.78 Å². The predicted molar refractivity (Wildman–Crippen MR) is 115 cm³/mol. The molecule has 0 aromatic rings. The van der Waals surface area contributed by atoms with Crippen LogP contribution < -0.4 is 5.32 Å². The Morgan fingerprint density at radius 1 is 0.741 bits per heavy atom. The molecule has 0 aromatic heterocycles. The van der Waals surface area contributed by atoms with Crippen molar-refractivity contribution in [3.63, 3.8) is 0 Å². The predicted octanol–water partition coefficient (Wildman–Crippen LogP) is 6.21. The maximum absolute atomic E-state index is 11.6. The quantitative estimate of drug-likeness (QED) is 0.187. The number of hydrogen-bond acceptors (Lipinski definition) is 3. The standard InChI is InChI=1S/C24H39NO2/c1-2-3-4-5-6-7-8-9-10-11-12-13-14-15-16-17-20-25-23-21-22(26)18-19-24(23)27/h9-10,18-19,21,25H,2-8,11-17,20H2,1H3/b10-9-. The zero-order chi connectivity index (χ0) is 19.6. The zero-order valence-electron chi connectivity index (χ0n) is 17.3. The van der Waals surface area contributed by atoms with Crippen molar-refractivity contribution in [3.05, 3.63) is 36.1 Å². The van der Waals surface area contributed by atoms with Crippen molar-refractivity contribution in [1.29, 1.82) is 0 Å². The minimum absolute atomic E-state index is 0.0980. The first-order chi connectivity index (χ1) is 13.2. The normalized spacial score (nSPS) is 14.2. The second kappa shape index (κ2) is 16.5. The van der Waals surface area contributed by atoms with Crippen LogP contribution in [0.15, 0.2) is 36.1 Å². The third-order valence-electron chi connectivity index (χ3n) is 4.96. The van der Waals surface area contributed by atoms with Crippen molar-refractivity contribution >= 4 is 11.6 Å². The number of carbonyl (C=O) groups is 2. The van der Waals surface area contributed by atoms with Gasteiger partial charge < -0.3 is 5.32 Å². The van der Waals surface area contributed by atoms with Crippen molar-refractivity contribution in [1.82, 2.24) is 5.32 Å². The summed E-state index contributed by atoms with van der Waals surface area (Å²) < 4.78 is 0. The van der Waals surface area contributed by atoms with E-state index in [-0.39, 0.29) is 11.6 Å². The van der Waals surface area contributed by atoms with E-state index in [1.165, 1.54) is 102 Å². The van der Waals surface area contributed by atoms with Crippen LogP contribution in [0.25, 0.3) is 0 Å². The maximum Gasteiger partial charge on any atom is 0.201 e. The maximum atomic E-state index is 11.6. The third kappa shape index (κ3) is 13.2. The first kappa shape index (κ1) is 23.4. The Bertz CT molecular complexity index is 503. The number of rotatable bonds is 17. The lowest BCUT2D eigenvalue weighted by atomic mass is 10.1. The minimum Gasteiger partial charge on any atom is -0.382 e. The SMILES string of the molecule is CCCCCCCC/C=C\CCCCCCCCNC1=CC(=O)C=CC1=O. The Labute approximate surface area is 166 Å². The van der Waals surface area contributed by atoms with E-state index in [2.05, 4.69) is 24.4 Å². The molecule has 27 heavy (non-hydrogen) atoms. The summed E-state index contributed by atoms with van der Waals surface area (Å²) in [6.45, 7) is 3.03. The number of ketones is 2. The molecule has 3 nitrogen and oxygen atoms in total. The summed E-state index contributed by atoms with van der Waals surface area (Å²) in [6.07, 6.45) is 26.9. The summed E-state index contributed by atoms with van der Waals surface area (Å²) in [4.78, 5) is 22.8. The van der Waals surface area contributed by atoms with E-state index >= 15 is 0 Å². The van der Waals surface area contributed by atoms with Crippen molar-refractivity contribution in [2.45, 2.75) is 96.8 Å². The van der Waals surface area contributed by atoms with Crippen molar-refractivity contribution < 1.29 is 9.59 Å². The molecule has 0 fully saturated rings. The molecule has 1 aliphatic carbocycles. The van der Waals surface area contributed by atoms with Crippen molar-refractivity contribution in [3.8, 4) is 0 Å². The van der Waals surface area contributed by atoms with Gasteiger partial charge in [-0.05, 0) is 44.3 Å². The molecule has 1 rings (SSSR count). The van der Waals surface area contributed by atoms with Gasteiger partial charge in [-0.3, -0.25) is 9.59 Å². The van der Waals surface area contributed by atoms with Crippen molar-refractivity contribution in [2.75, 3.05) is 6.54 Å². The molecule has 0 bridgehead atoms. The Hall–Kier alpha value is -1.64. The smallest absolute Gasteiger partial charge is 0.201 e. The van der Waals surface area contributed by atoms with Gasteiger partial charge in [0.1, 0.15) is 0 Å². The van der Waals surface area contributed by atoms with Gasteiger partial charge in [-0.25, -0.2) is 0 Å². The van der Waals surface area contributed by atoms with Gasteiger partial charge in [0.2, 0.25) is 5.78 Å². The Morgan fingerprint density at radius 2 is 1.30 bits per heavy atom. The third-order valence-corrected chi connectivity index (χ3v) is 4.96. The molecule has 0 unspecified atom stereocenters. The van der Waals surface area contributed by atoms with Crippen LogP contribution in [0.2, 0.25) is 0 Å². The van der Waals surface area contributed by atoms with Crippen molar-refractivity contribution in [2.24, 2.45) is 0 Å². The molecule has 0 aromatic carbocycles. The van der Waals surface area contributed by atoms with E-state index in [0.717, 1.165) is 13.0 Å². The fraction of sp³-hybridized carbons (Fsp3) is 0.667. The molecule has 1 N–H and O–H groups in total. The molecule has 0 aliphatic heterocycles. The average Bonchev–Trinajstić information content (AvgIpc) is 2.67. The Morgan fingerprint density at radius 3 is 1.93 bits per heavy atom. The second-order valence-corrected chi connectivity index (χ2v) is 7.52. The van der Waals surface area contributed by atoms with Gasteiger partial charge in [0, 0.05) is 12.6 Å². The summed E-state index contributed by atoms with van der Waals surface area (Å²) in [5, 5.41) is 3.08. The van der Waals surface area contributed by atoms with Gasteiger partial charge in [0.05, 0.1) is 5.70 Å². The molecule has 3 heteroatoms. The summed E-state index contributed by atoms with van der Waals surface area (Å²) >= 11 is 0. The van der Waals surface area contributed by atoms with Crippen LogP contribution >= 0.6 is 0 Å². The van der Waals surface area contributed by atoms with Gasteiger partial charge in [-0.15, -0.1) is 0 Å². The van der Waals surface area contributed by atoms with E-state index < -0.39 is 0 Å². The number of hydrogen-bond donors (Lipinski definition) is 1. The van der Waals surface area contributed by atoms with Crippen LogP contribution in [0, 0.1) is 0 Å². The summed E-state index contributed by atoms with van der Waals surface area (Å²) in [7, 11) is 0. The molecule has 0 spiro atoms. The van der Waals surface area contributed by atoms with Crippen LogP contribution in [0.5, 0.6) is 0 Å². The highest BCUT2D eigenvalue weighted by Gasteiger charge is 2.11. The average molecular weight is 374 g/mol. The fourth-order valence-electron chi connectivity index (χ4n) is 3.24. The van der Waals surface area contributed by atoms with E-state index in [1.807, 2.05) is 0 Å². The van der Waals surface area contributed by atoms with Gasteiger partial charge in [-0.2, -0.15) is 0 Å². The van der Waals surface area contributed by atoms with Crippen LogP contribution in [-0.4, -0.2) is 18.1 Å². The van der Waals surface area contributed by atoms with Crippen LogP contribution in [0.1, 0.15) is 96.8 Å². The number of nitrogens with one attached hydrogen (secondary N) is 1. The Kier molecular flexibility index (Phi) is 14.3.